The predicted molar refractivity (Wildman–Crippen MR) is 84.1 cm³/mol. The van der Waals surface area contributed by atoms with Crippen molar-refractivity contribution in [3.8, 4) is 0 Å². The Labute approximate surface area is 132 Å². The summed E-state index contributed by atoms with van der Waals surface area (Å²) in [5.74, 6) is 1.29. The summed E-state index contributed by atoms with van der Waals surface area (Å²) < 4.78 is 0. The van der Waals surface area contributed by atoms with Gasteiger partial charge in [0, 0.05) is 12.3 Å². The largest absolute Gasteiger partial charge is 0.393 e. The third kappa shape index (κ3) is 1.67. The van der Waals surface area contributed by atoms with Crippen LogP contribution in [0.5, 0.6) is 0 Å². The minimum Gasteiger partial charge on any atom is -0.393 e. The zero-order valence-electron chi connectivity index (χ0n) is 13.8. The van der Waals surface area contributed by atoms with Gasteiger partial charge in [0.2, 0.25) is 0 Å². The van der Waals surface area contributed by atoms with Gasteiger partial charge in [0.1, 0.15) is 5.78 Å². The fourth-order valence-electron chi connectivity index (χ4n) is 6.70. The topological polar surface area (TPSA) is 57.5 Å². The Balaban J connectivity index is 1.75. The van der Waals surface area contributed by atoms with Crippen LogP contribution >= 0.6 is 0 Å². The van der Waals surface area contributed by atoms with Crippen LogP contribution in [0.1, 0.15) is 58.8 Å². The molecule has 122 valence electrons. The summed E-state index contributed by atoms with van der Waals surface area (Å²) in [4.78, 5) is 12.2. The minimum atomic E-state index is -0.891. The fraction of sp³-hybridized carbons (Fsp3) is 0.842. The summed E-state index contributed by atoms with van der Waals surface area (Å²) in [6, 6.07) is 0. The summed E-state index contributed by atoms with van der Waals surface area (Å²) in [6.45, 7) is 4.37. The van der Waals surface area contributed by atoms with Gasteiger partial charge in [-0.15, -0.1) is 0 Å². The number of carbonyl (C=O) groups excluding carboxylic acids is 1. The van der Waals surface area contributed by atoms with Crippen LogP contribution in [0, 0.1) is 28.6 Å². The molecule has 6 atom stereocenters. The second kappa shape index (κ2) is 4.45. The Morgan fingerprint density at radius 3 is 2.86 bits per heavy atom. The van der Waals surface area contributed by atoms with Crippen molar-refractivity contribution in [1.82, 2.24) is 0 Å². The monoisotopic (exact) mass is 304 g/mol. The van der Waals surface area contributed by atoms with Gasteiger partial charge in [0.05, 0.1) is 12.2 Å². The molecule has 0 aromatic rings. The Hall–Kier alpha value is -0.670. The molecule has 4 aliphatic rings. The smallest absolute Gasteiger partial charge is 0.136 e. The lowest BCUT2D eigenvalue weighted by atomic mass is 9.47. The van der Waals surface area contributed by atoms with Crippen LogP contribution in [-0.2, 0) is 4.79 Å². The molecule has 22 heavy (non-hydrogen) atoms. The highest BCUT2D eigenvalue weighted by atomic mass is 16.3. The van der Waals surface area contributed by atoms with Gasteiger partial charge in [0.25, 0.3) is 0 Å². The number of hydrogen-bond acceptors (Lipinski definition) is 3. The highest BCUT2D eigenvalue weighted by Crippen LogP contribution is 2.69. The van der Waals surface area contributed by atoms with E-state index in [1.807, 2.05) is 0 Å². The van der Waals surface area contributed by atoms with E-state index in [-0.39, 0.29) is 29.3 Å². The van der Waals surface area contributed by atoms with Gasteiger partial charge in [-0.05, 0) is 61.2 Å². The highest BCUT2D eigenvalue weighted by molar-refractivity contribution is 5.82. The number of aliphatic hydroxyl groups excluding tert-OH is 1. The SMILES string of the molecule is CC1C(=O)CCC2(C)C3=CCC4CC3(CCC12)CC4(O)CO. The van der Waals surface area contributed by atoms with E-state index in [1.165, 1.54) is 5.57 Å². The Kier molecular flexibility index (Phi) is 3.01. The molecule has 0 heterocycles. The number of rotatable bonds is 1. The normalized spacial score (nSPS) is 53.7. The van der Waals surface area contributed by atoms with Gasteiger partial charge >= 0.3 is 0 Å². The van der Waals surface area contributed by atoms with Gasteiger partial charge < -0.3 is 10.2 Å². The average Bonchev–Trinajstić information content (AvgIpc) is 2.71. The maximum absolute atomic E-state index is 12.2. The Bertz CT molecular complexity index is 553. The zero-order chi connectivity index (χ0) is 15.8. The second-order valence-corrected chi connectivity index (χ2v) is 8.79. The number of hydrogen-bond donors (Lipinski definition) is 2. The van der Waals surface area contributed by atoms with Crippen molar-refractivity contribution in [2.24, 2.45) is 28.6 Å². The zero-order valence-corrected chi connectivity index (χ0v) is 13.8. The maximum atomic E-state index is 12.2. The van der Waals surface area contributed by atoms with Crippen LogP contribution in [0.25, 0.3) is 0 Å². The average molecular weight is 304 g/mol. The molecule has 0 aromatic carbocycles. The summed E-state index contributed by atoms with van der Waals surface area (Å²) in [5, 5.41) is 20.6. The van der Waals surface area contributed by atoms with Crippen LogP contribution in [0.3, 0.4) is 0 Å². The molecule has 0 saturated heterocycles. The van der Waals surface area contributed by atoms with E-state index in [2.05, 4.69) is 19.9 Å². The predicted octanol–water partition coefficient (Wildman–Crippen LogP) is 2.85. The highest BCUT2D eigenvalue weighted by Gasteiger charge is 2.63. The summed E-state index contributed by atoms with van der Waals surface area (Å²) >= 11 is 0. The molecular formula is C19H28O3. The summed E-state index contributed by atoms with van der Waals surface area (Å²) in [7, 11) is 0. The molecule has 0 amide bonds. The number of ketones is 1. The van der Waals surface area contributed by atoms with Gasteiger partial charge in [-0.3, -0.25) is 4.79 Å². The molecule has 3 saturated carbocycles. The molecule has 2 bridgehead atoms. The first kappa shape index (κ1) is 14.9. The first-order valence-electron chi connectivity index (χ1n) is 8.92. The van der Waals surface area contributed by atoms with Gasteiger partial charge in [0.15, 0.2) is 0 Å². The first-order chi connectivity index (χ1) is 10.3. The lowest BCUT2D eigenvalue weighted by molar-refractivity contribution is -0.131. The van der Waals surface area contributed by atoms with E-state index in [1.54, 1.807) is 0 Å². The lowest BCUT2D eigenvalue weighted by Gasteiger charge is -2.57. The molecule has 1 spiro atoms. The molecule has 6 unspecified atom stereocenters. The molecule has 0 aliphatic heterocycles. The Morgan fingerprint density at radius 1 is 1.36 bits per heavy atom. The Morgan fingerprint density at radius 2 is 2.14 bits per heavy atom. The molecule has 3 nitrogen and oxygen atoms in total. The van der Waals surface area contributed by atoms with E-state index in [0.717, 1.165) is 38.5 Å². The maximum Gasteiger partial charge on any atom is 0.136 e. The third-order valence-corrected chi connectivity index (χ3v) is 7.86. The molecule has 0 radical (unpaired) electrons. The van der Waals surface area contributed by atoms with Crippen molar-refractivity contribution < 1.29 is 15.0 Å². The summed E-state index contributed by atoms with van der Waals surface area (Å²) in [5.41, 5.74) is 0.844. The lowest BCUT2D eigenvalue weighted by Crippen LogP contribution is -2.50. The fourth-order valence-corrected chi connectivity index (χ4v) is 6.70. The van der Waals surface area contributed by atoms with Gasteiger partial charge in [-0.2, -0.15) is 0 Å². The summed E-state index contributed by atoms with van der Waals surface area (Å²) in [6.07, 6.45) is 8.86. The molecule has 4 rings (SSSR count). The third-order valence-electron chi connectivity index (χ3n) is 7.86. The van der Waals surface area contributed by atoms with Crippen LogP contribution in [0.2, 0.25) is 0 Å². The van der Waals surface area contributed by atoms with E-state index < -0.39 is 5.60 Å². The number of carbonyl (C=O) groups is 1. The van der Waals surface area contributed by atoms with Crippen molar-refractivity contribution in [2.75, 3.05) is 6.61 Å². The molecule has 2 N–H and O–H groups in total. The van der Waals surface area contributed by atoms with Crippen molar-refractivity contribution >= 4 is 5.78 Å². The van der Waals surface area contributed by atoms with Crippen molar-refractivity contribution in [2.45, 2.75) is 64.4 Å². The van der Waals surface area contributed by atoms with Crippen LogP contribution in [0.15, 0.2) is 11.6 Å². The van der Waals surface area contributed by atoms with Crippen molar-refractivity contribution in [3.05, 3.63) is 11.6 Å². The van der Waals surface area contributed by atoms with E-state index in [4.69, 9.17) is 0 Å². The van der Waals surface area contributed by atoms with Gasteiger partial charge in [-0.25, -0.2) is 0 Å². The minimum absolute atomic E-state index is 0.0890. The molecule has 4 aliphatic carbocycles. The number of allylic oxidation sites excluding steroid dienone is 2. The van der Waals surface area contributed by atoms with E-state index in [9.17, 15) is 15.0 Å². The number of fused-ring (bicyclic) bond motifs is 3. The number of Topliss-reactive ketones (excluding diaryl/α,β-unsaturated/α-hetero) is 1. The second-order valence-electron chi connectivity index (χ2n) is 8.79. The number of aliphatic hydroxyl groups is 2. The molecule has 3 fully saturated rings. The van der Waals surface area contributed by atoms with Crippen molar-refractivity contribution in [3.63, 3.8) is 0 Å². The van der Waals surface area contributed by atoms with Crippen LogP contribution < -0.4 is 0 Å². The van der Waals surface area contributed by atoms with E-state index in [0.29, 0.717) is 18.1 Å². The van der Waals surface area contributed by atoms with Crippen molar-refractivity contribution in [1.29, 1.82) is 0 Å². The van der Waals surface area contributed by atoms with Crippen LogP contribution in [0.4, 0.5) is 0 Å². The van der Waals surface area contributed by atoms with E-state index >= 15 is 0 Å². The first-order valence-corrected chi connectivity index (χ1v) is 8.92. The molecule has 3 heteroatoms. The molecular weight excluding hydrogens is 276 g/mol. The van der Waals surface area contributed by atoms with Crippen LogP contribution in [-0.4, -0.2) is 28.2 Å². The quantitative estimate of drug-likeness (QED) is 0.732. The van der Waals surface area contributed by atoms with Gasteiger partial charge in [-0.1, -0.05) is 25.5 Å². The standard InChI is InChI=1S/C19H28O3/c1-12-14-5-8-18-9-13(19(22,10-18)11-20)3-4-16(18)17(14,2)7-6-15(12)21/h4,12-14,20,22H,3,5-11H2,1-2H3. The molecule has 0 aromatic heterocycles.